The predicted molar refractivity (Wildman–Crippen MR) is 84.2 cm³/mol. The van der Waals surface area contributed by atoms with E-state index >= 15 is 0 Å². The van der Waals surface area contributed by atoms with Crippen molar-refractivity contribution in [3.63, 3.8) is 0 Å². The molecule has 0 radical (unpaired) electrons. The Bertz CT molecular complexity index is 575. The zero-order valence-electron chi connectivity index (χ0n) is 13.3. The predicted octanol–water partition coefficient (Wildman–Crippen LogP) is 0.664. The molecule has 0 unspecified atom stereocenters. The van der Waals surface area contributed by atoms with E-state index in [1.165, 1.54) is 18.3 Å². The van der Waals surface area contributed by atoms with Crippen molar-refractivity contribution in [2.45, 2.75) is 19.9 Å². The minimum atomic E-state index is -0.632. The van der Waals surface area contributed by atoms with Crippen LogP contribution in [0.1, 0.15) is 19.6 Å². The zero-order valence-corrected chi connectivity index (χ0v) is 13.3. The smallest absolute Gasteiger partial charge is 0.400 e. The minimum absolute atomic E-state index is 0.211. The summed E-state index contributed by atoms with van der Waals surface area (Å²) in [5.41, 5.74) is 2.40. The maximum Gasteiger partial charge on any atom is 0.433 e. The van der Waals surface area contributed by atoms with Gasteiger partial charge in [-0.1, -0.05) is 0 Å². The summed E-state index contributed by atoms with van der Waals surface area (Å²) in [4.78, 5) is 26.1. The number of amides is 1. The van der Waals surface area contributed by atoms with Crippen molar-refractivity contribution >= 4 is 18.0 Å². The van der Waals surface area contributed by atoms with E-state index in [0.29, 0.717) is 6.04 Å². The van der Waals surface area contributed by atoms with Gasteiger partial charge in [-0.3, -0.25) is 24.7 Å². The van der Waals surface area contributed by atoms with Gasteiger partial charge < -0.3 is 4.42 Å². The molecule has 0 spiro atoms. The maximum absolute atomic E-state index is 11.8. The first-order valence-electron chi connectivity index (χ1n) is 7.48. The van der Waals surface area contributed by atoms with Crippen LogP contribution in [0, 0.1) is 10.1 Å². The number of furan rings is 1. The maximum atomic E-state index is 11.8. The molecule has 0 aromatic carbocycles. The van der Waals surface area contributed by atoms with Crippen LogP contribution in [0.5, 0.6) is 0 Å². The SMILES string of the molecule is CC(C)N1CCN(CC(=O)N/N=C\c2ccc([N+](=O)[O-])o2)CC1. The summed E-state index contributed by atoms with van der Waals surface area (Å²) in [7, 11) is 0. The number of carbonyl (C=O) groups is 1. The third-order valence-electron chi connectivity index (χ3n) is 3.68. The molecule has 1 N–H and O–H groups in total. The molecule has 1 saturated heterocycles. The minimum Gasteiger partial charge on any atom is -0.400 e. The monoisotopic (exact) mass is 323 g/mol. The fourth-order valence-electron chi connectivity index (χ4n) is 2.35. The lowest BCUT2D eigenvalue weighted by molar-refractivity contribution is -0.402. The van der Waals surface area contributed by atoms with Gasteiger partial charge in [-0.15, -0.1) is 0 Å². The highest BCUT2D eigenvalue weighted by Gasteiger charge is 2.20. The molecule has 1 aliphatic heterocycles. The van der Waals surface area contributed by atoms with Crippen LogP contribution in [0.2, 0.25) is 0 Å². The number of piperazine rings is 1. The van der Waals surface area contributed by atoms with E-state index in [0.717, 1.165) is 26.2 Å². The highest BCUT2D eigenvalue weighted by Crippen LogP contribution is 2.13. The third kappa shape index (κ3) is 5.15. The first-order valence-corrected chi connectivity index (χ1v) is 7.48. The van der Waals surface area contributed by atoms with Gasteiger partial charge in [0.15, 0.2) is 5.76 Å². The molecule has 0 aliphatic carbocycles. The highest BCUT2D eigenvalue weighted by molar-refractivity contribution is 5.81. The second-order valence-corrected chi connectivity index (χ2v) is 5.63. The van der Waals surface area contributed by atoms with Gasteiger partial charge in [-0.05, 0) is 19.9 Å². The number of hydrogen-bond acceptors (Lipinski definition) is 7. The molecule has 23 heavy (non-hydrogen) atoms. The Balaban J connectivity index is 1.72. The van der Waals surface area contributed by atoms with Gasteiger partial charge in [-0.25, -0.2) is 5.43 Å². The van der Waals surface area contributed by atoms with Crippen LogP contribution in [0.4, 0.5) is 5.88 Å². The summed E-state index contributed by atoms with van der Waals surface area (Å²) in [6.45, 7) is 8.20. The van der Waals surface area contributed by atoms with Crippen molar-refractivity contribution in [1.29, 1.82) is 0 Å². The average Bonchev–Trinajstić information content (AvgIpc) is 2.97. The number of nitrogens with one attached hydrogen (secondary N) is 1. The van der Waals surface area contributed by atoms with Crippen molar-refractivity contribution in [1.82, 2.24) is 15.2 Å². The summed E-state index contributed by atoms with van der Waals surface area (Å²) >= 11 is 0. The fraction of sp³-hybridized carbons (Fsp3) is 0.571. The van der Waals surface area contributed by atoms with Crippen LogP contribution in [0.15, 0.2) is 21.7 Å². The largest absolute Gasteiger partial charge is 0.433 e. The number of hydrogen-bond donors (Lipinski definition) is 1. The van der Waals surface area contributed by atoms with Crippen LogP contribution in [0.3, 0.4) is 0 Å². The van der Waals surface area contributed by atoms with E-state index in [4.69, 9.17) is 4.42 Å². The van der Waals surface area contributed by atoms with E-state index in [9.17, 15) is 14.9 Å². The van der Waals surface area contributed by atoms with E-state index in [1.54, 1.807) is 0 Å². The van der Waals surface area contributed by atoms with Gasteiger partial charge in [0.25, 0.3) is 5.91 Å². The normalized spacial score (nSPS) is 17.0. The van der Waals surface area contributed by atoms with Gasteiger partial charge in [0, 0.05) is 32.2 Å². The molecule has 1 fully saturated rings. The van der Waals surface area contributed by atoms with Gasteiger partial charge >= 0.3 is 5.88 Å². The van der Waals surface area contributed by atoms with Crippen molar-refractivity contribution in [2.75, 3.05) is 32.7 Å². The van der Waals surface area contributed by atoms with E-state index < -0.39 is 4.92 Å². The number of rotatable bonds is 6. The first kappa shape index (κ1) is 17.1. The molecule has 1 amide bonds. The third-order valence-corrected chi connectivity index (χ3v) is 3.68. The molecule has 9 nitrogen and oxygen atoms in total. The van der Waals surface area contributed by atoms with Gasteiger partial charge in [-0.2, -0.15) is 5.10 Å². The average molecular weight is 323 g/mol. The Morgan fingerprint density at radius 3 is 2.70 bits per heavy atom. The standard InChI is InChI=1S/C14H21N5O4/c1-11(2)18-7-5-17(6-8-18)10-13(20)16-15-9-12-3-4-14(23-12)19(21)22/h3-4,9,11H,5-8,10H2,1-2H3,(H,16,20)/b15-9-. The van der Waals surface area contributed by atoms with Crippen LogP contribution in [0.25, 0.3) is 0 Å². The van der Waals surface area contributed by atoms with E-state index in [2.05, 4.69) is 34.2 Å². The van der Waals surface area contributed by atoms with Crippen molar-refractivity contribution < 1.29 is 14.1 Å². The molecule has 0 bridgehead atoms. The van der Waals surface area contributed by atoms with Crippen LogP contribution < -0.4 is 5.43 Å². The molecule has 1 aromatic rings. The molecule has 9 heteroatoms. The van der Waals surface area contributed by atoms with Crippen LogP contribution in [-0.2, 0) is 4.79 Å². The molecule has 1 aromatic heterocycles. The number of nitro groups is 1. The number of carbonyl (C=O) groups excluding carboxylic acids is 1. The lowest BCUT2D eigenvalue weighted by atomic mass is 10.2. The van der Waals surface area contributed by atoms with Gasteiger partial charge in [0.05, 0.1) is 18.8 Å². The molecule has 0 atom stereocenters. The number of hydrazone groups is 1. The Hall–Kier alpha value is -2.26. The molecule has 0 saturated carbocycles. The highest BCUT2D eigenvalue weighted by atomic mass is 16.6. The van der Waals surface area contributed by atoms with Gasteiger partial charge in [0.1, 0.15) is 4.92 Å². The summed E-state index contributed by atoms with van der Waals surface area (Å²) in [5, 5.41) is 14.2. The Labute approximate surface area is 134 Å². The molecular weight excluding hydrogens is 302 g/mol. The Morgan fingerprint density at radius 1 is 1.43 bits per heavy atom. The van der Waals surface area contributed by atoms with Crippen LogP contribution in [-0.4, -0.2) is 65.6 Å². The van der Waals surface area contributed by atoms with Crippen LogP contribution >= 0.6 is 0 Å². The second-order valence-electron chi connectivity index (χ2n) is 5.63. The van der Waals surface area contributed by atoms with E-state index in [1.807, 2.05) is 0 Å². The van der Waals surface area contributed by atoms with Gasteiger partial charge in [0.2, 0.25) is 0 Å². The zero-order chi connectivity index (χ0) is 16.8. The number of nitrogens with zero attached hydrogens (tertiary/aromatic N) is 4. The second kappa shape index (κ2) is 7.84. The molecule has 1 aliphatic rings. The Kier molecular flexibility index (Phi) is 5.83. The Morgan fingerprint density at radius 2 is 2.13 bits per heavy atom. The quantitative estimate of drug-likeness (QED) is 0.468. The summed E-state index contributed by atoms with van der Waals surface area (Å²) < 4.78 is 4.90. The van der Waals surface area contributed by atoms with Crippen molar-refractivity contribution in [3.05, 3.63) is 28.0 Å². The topological polar surface area (TPSA) is 104 Å². The lowest BCUT2D eigenvalue weighted by Gasteiger charge is -2.36. The molecule has 126 valence electrons. The summed E-state index contributed by atoms with van der Waals surface area (Å²) in [6.07, 6.45) is 1.24. The molecular formula is C14H21N5O4. The fourth-order valence-corrected chi connectivity index (χ4v) is 2.35. The summed E-state index contributed by atoms with van der Waals surface area (Å²) in [6, 6.07) is 3.17. The van der Waals surface area contributed by atoms with Crippen molar-refractivity contribution in [2.24, 2.45) is 5.10 Å². The lowest BCUT2D eigenvalue weighted by Crippen LogP contribution is -2.50. The molecule has 2 heterocycles. The molecule has 2 rings (SSSR count). The summed E-state index contributed by atoms with van der Waals surface area (Å²) in [5.74, 6) is -0.372. The van der Waals surface area contributed by atoms with Crippen molar-refractivity contribution in [3.8, 4) is 0 Å². The first-order chi connectivity index (χ1) is 11.0. The van der Waals surface area contributed by atoms with E-state index in [-0.39, 0.29) is 24.1 Å².